The fourth-order valence-corrected chi connectivity index (χ4v) is 1.42. The predicted molar refractivity (Wildman–Crippen MR) is 62.8 cm³/mol. The van der Waals surface area contributed by atoms with E-state index >= 15 is 0 Å². The molecule has 0 spiro atoms. The maximum Gasteiger partial charge on any atom is 0.305 e. The van der Waals surface area contributed by atoms with Crippen LogP contribution in [0.4, 0.5) is 0 Å². The molecule has 0 bridgehead atoms. The van der Waals surface area contributed by atoms with Crippen LogP contribution in [0, 0.1) is 0 Å². The Labute approximate surface area is 100.0 Å². The van der Waals surface area contributed by atoms with Crippen molar-refractivity contribution in [2.24, 2.45) is 0 Å². The molecule has 4 heteroatoms. The van der Waals surface area contributed by atoms with Crippen molar-refractivity contribution in [1.82, 2.24) is 0 Å². The van der Waals surface area contributed by atoms with Crippen molar-refractivity contribution in [2.45, 2.75) is 19.3 Å². The number of carbonyl (C=O) groups is 1. The molecule has 0 heterocycles. The number of benzene rings is 1. The third-order valence-electron chi connectivity index (χ3n) is 2.13. The summed E-state index contributed by atoms with van der Waals surface area (Å²) in [7, 11) is 0. The normalized spacial score (nSPS) is 10.3. The van der Waals surface area contributed by atoms with Crippen LogP contribution in [0.1, 0.15) is 18.4 Å². The van der Waals surface area contributed by atoms with Gasteiger partial charge in [0, 0.05) is 11.6 Å². The lowest BCUT2D eigenvalue weighted by molar-refractivity contribution is -0.138. The number of hydrogen-bond acceptors (Lipinski definition) is 2. The van der Waals surface area contributed by atoms with Gasteiger partial charge in [-0.25, -0.2) is 0 Å². The summed E-state index contributed by atoms with van der Waals surface area (Å²) >= 11 is 5.76. The van der Waals surface area contributed by atoms with Crippen LogP contribution in [0.25, 0.3) is 0 Å². The first-order chi connectivity index (χ1) is 7.68. The van der Waals surface area contributed by atoms with Crippen molar-refractivity contribution in [3.8, 4) is 0 Å². The Kier molecular flexibility index (Phi) is 5.90. The van der Waals surface area contributed by atoms with Gasteiger partial charge in [-0.3, -0.25) is 4.79 Å². The van der Waals surface area contributed by atoms with Gasteiger partial charge in [-0.15, -0.1) is 0 Å². The minimum atomic E-state index is -0.822. The molecule has 0 saturated carbocycles. The Balaban J connectivity index is 2.07. The fraction of sp³-hybridized carbons (Fsp3) is 0.417. The molecule has 0 atom stereocenters. The number of carboxylic acid groups (broad SMARTS) is 1. The van der Waals surface area contributed by atoms with E-state index in [9.17, 15) is 4.79 Å². The molecular weight excluding hydrogens is 228 g/mol. The summed E-state index contributed by atoms with van der Waals surface area (Å²) in [6.45, 7) is 0.881. The molecule has 3 nitrogen and oxygen atoms in total. The molecule has 0 amide bonds. The summed E-state index contributed by atoms with van der Waals surface area (Å²) in [4.78, 5) is 10.2. The van der Waals surface area contributed by atoms with Gasteiger partial charge < -0.3 is 9.84 Å². The largest absolute Gasteiger partial charge is 0.481 e. The van der Waals surface area contributed by atoms with Crippen LogP contribution in [-0.2, 0) is 16.0 Å². The first-order valence-electron chi connectivity index (χ1n) is 5.22. The van der Waals surface area contributed by atoms with Gasteiger partial charge in [0.15, 0.2) is 0 Å². The number of hydrogen-bond donors (Lipinski definition) is 1. The number of ether oxygens (including phenoxy) is 1. The van der Waals surface area contributed by atoms with Gasteiger partial charge in [0.1, 0.15) is 0 Å². The van der Waals surface area contributed by atoms with Crippen LogP contribution in [0.3, 0.4) is 0 Å². The molecule has 88 valence electrons. The third kappa shape index (κ3) is 5.73. The molecule has 1 aromatic rings. The summed E-state index contributed by atoms with van der Waals surface area (Å²) < 4.78 is 5.18. The number of aryl methyl sites for hydroxylation is 1. The van der Waals surface area contributed by atoms with E-state index in [1.165, 1.54) is 5.56 Å². The zero-order chi connectivity index (χ0) is 11.8. The van der Waals surface area contributed by atoms with Crippen LogP contribution >= 0.6 is 11.6 Å². The molecule has 1 N–H and O–H groups in total. The van der Waals surface area contributed by atoms with Crippen LogP contribution in [0.5, 0.6) is 0 Å². The lowest BCUT2D eigenvalue weighted by Gasteiger charge is -2.03. The van der Waals surface area contributed by atoms with Gasteiger partial charge in [-0.2, -0.15) is 0 Å². The van der Waals surface area contributed by atoms with E-state index in [-0.39, 0.29) is 13.0 Å². The molecule has 1 rings (SSSR count). The molecule has 0 fully saturated rings. The average Bonchev–Trinajstić information content (AvgIpc) is 2.25. The number of carboxylic acids is 1. The molecule has 16 heavy (non-hydrogen) atoms. The first kappa shape index (κ1) is 13.0. The SMILES string of the molecule is O=C(O)CCOCCCc1ccc(Cl)cc1. The quantitative estimate of drug-likeness (QED) is 0.748. The van der Waals surface area contributed by atoms with Crippen molar-refractivity contribution in [3.05, 3.63) is 34.9 Å². The van der Waals surface area contributed by atoms with E-state index in [0.29, 0.717) is 6.61 Å². The van der Waals surface area contributed by atoms with Crippen molar-refractivity contribution >= 4 is 17.6 Å². The zero-order valence-electron chi connectivity index (χ0n) is 8.99. The highest BCUT2D eigenvalue weighted by atomic mass is 35.5. The maximum absolute atomic E-state index is 10.2. The van der Waals surface area contributed by atoms with Crippen molar-refractivity contribution < 1.29 is 14.6 Å². The van der Waals surface area contributed by atoms with Gasteiger partial charge in [-0.05, 0) is 30.5 Å². The molecule has 0 saturated heterocycles. The van der Waals surface area contributed by atoms with Gasteiger partial charge in [-0.1, -0.05) is 23.7 Å². The standard InChI is InChI=1S/C12H15ClO3/c13-11-5-3-10(4-6-11)2-1-8-16-9-7-12(14)15/h3-6H,1-2,7-9H2,(H,14,15). The Morgan fingerprint density at radius 3 is 2.56 bits per heavy atom. The second-order valence-electron chi connectivity index (χ2n) is 3.49. The maximum atomic E-state index is 10.2. The van der Waals surface area contributed by atoms with Crippen molar-refractivity contribution in [3.63, 3.8) is 0 Å². The van der Waals surface area contributed by atoms with Gasteiger partial charge in [0.25, 0.3) is 0 Å². The van der Waals surface area contributed by atoms with E-state index in [1.54, 1.807) is 0 Å². The third-order valence-corrected chi connectivity index (χ3v) is 2.38. The van der Waals surface area contributed by atoms with Crippen molar-refractivity contribution in [1.29, 1.82) is 0 Å². The average molecular weight is 243 g/mol. The lowest BCUT2D eigenvalue weighted by Crippen LogP contribution is -2.04. The van der Waals surface area contributed by atoms with E-state index in [0.717, 1.165) is 17.9 Å². The Morgan fingerprint density at radius 2 is 1.94 bits per heavy atom. The summed E-state index contributed by atoms with van der Waals surface area (Å²) in [5.41, 5.74) is 1.21. The summed E-state index contributed by atoms with van der Waals surface area (Å²) in [5, 5.41) is 9.12. The highest BCUT2D eigenvalue weighted by molar-refractivity contribution is 6.30. The van der Waals surface area contributed by atoms with Gasteiger partial charge in [0.2, 0.25) is 0 Å². The zero-order valence-corrected chi connectivity index (χ0v) is 9.74. The highest BCUT2D eigenvalue weighted by Crippen LogP contribution is 2.10. The topological polar surface area (TPSA) is 46.5 Å². The predicted octanol–water partition coefficient (Wildman–Crippen LogP) is 2.76. The molecule has 0 aliphatic heterocycles. The summed E-state index contributed by atoms with van der Waals surface area (Å²) in [6, 6.07) is 7.70. The second-order valence-corrected chi connectivity index (χ2v) is 3.92. The highest BCUT2D eigenvalue weighted by Gasteiger charge is 1.97. The molecule has 0 aliphatic carbocycles. The Bertz CT molecular complexity index is 322. The van der Waals surface area contributed by atoms with Crippen LogP contribution < -0.4 is 0 Å². The lowest BCUT2D eigenvalue weighted by atomic mass is 10.1. The number of halogens is 1. The molecule has 0 aromatic heterocycles. The minimum absolute atomic E-state index is 0.0704. The van der Waals surface area contributed by atoms with Gasteiger partial charge in [0.05, 0.1) is 13.0 Å². The smallest absolute Gasteiger partial charge is 0.305 e. The van der Waals surface area contributed by atoms with E-state index < -0.39 is 5.97 Å². The Hall–Kier alpha value is -1.06. The van der Waals surface area contributed by atoms with E-state index in [2.05, 4.69) is 0 Å². The van der Waals surface area contributed by atoms with E-state index in [4.69, 9.17) is 21.4 Å². The van der Waals surface area contributed by atoms with Gasteiger partial charge >= 0.3 is 5.97 Å². The number of rotatable bonds is 7. The summed E-state index contributed by atoms with van der Waals surface area (Å²) in [6.07, 6.45) is 1.88. The second kappa shape index (κ2) is 7.25. The first-order valence-corrected chi connectivity index (χ1v) is 5.60. The van der Waals surface area contributed by atoms with Crippen LogP contribution in [0.15, 0.2) is 24.3 Å². The monoisotopic (exact) mass is 242 g/mol. The van der Waals surface area contributed by atoms with Crippen LogP contribution in [0.2, 0.25) is 5.02 Å². The van der Waals surface area contributed by atoms with Crippen LogP contribution in [-0.4, -0.2) is 24.3 Å². The fourth-order valence-electron chi connectivity index (χ4n) is 1.29. The molecule has 1 aromatic carbocycles. The Morgan fingerprint density at radius 1 is 1.25 bits per heavy atom. The van der Waals surface area contributed by atoms with E-state index in [1.807, 2.05) is 24.3 Å². The number of aliphatic carboxylic acids is 1. The minimum Gasteiger partial charge on any atom is -0.481 e. The molecule has 0 aliphatic rings. The molecule has 0 radical (unpaired) electrons. The molecular formula is C12H15ClO3. The summed E-state index contributed by atoms with van der Waals surface area (Å²) in [5.74, 6) is -0.822. The molecule has 0 unspecified atom stereocenters. The van der Waals surface area contributed by atoms with Crippen molar-refractivity contribution in [2.75, 3.05) is 13.2 Å².